The predicted molar refractivity (Wildman–Crippen MR) is 90.6 cm³/mol. The Morgan fingerprint density at radius 3 is 2.50 bits per heavy atom. The van der Waals surface area contributed by atoms with Gasteiger partial charge in [0.25, 0.3) is 0 Å². The third kappa shape index (κ3) is 5.94. The van der Waals surface area contributed by atoms with Crippen molar-refractivity contribution in [3.63, 3.8) is 0 Å². The van der Waals surface area contributed by atoms with E-state index in [4.69, 9.17) is 4.74 Å². The van der Waals surface area contributed by atoms with Crippen LogP contribution in [0.4, 0.5) is 4.79 Å². The van der Waals surface area contributed by atoms with E-state index in [0.717, 1.165) is 25.7 Å². The highest BCUT2D eigenvalue weighted by Crippen LogP contribution is 2.22. The van der Waals surface area contributed by atoms with E-state index in [9.17, 15) is 14.7 Å². The normalized spacial score (nSPS) is 28.2. The lowest BCUT2D eigenvalue weighted by Crippen LogP contribution is -2.55. The summed E-state index contributed by atoms with van der Waals surface area (Å²) in [6.07, 6.45) is 6.68. The molecule has 1 aliphatic heterocycles. The SMILES string of the molecule is CCNC(=O)C[C@@H]1CC[C@@H](NC(=O)NC2CCCCC2)[C@@H](CO)O1. The van der Waals surface area contributed by atoms with Crippen molar-refractivity contribution in [1.82, 2.24) is 16.0 Å². The summed E-state index contributed by atoms with van der Waals surface area (Å²) in [6, 6.07) is -0.151. The highest BCUT2D eigenvalue weighted by atomic mass is 16.5. The Balaban J connectivity index is 1.76. The van der Waals surface area contributed by atoms with Crippen molar-refractivity contribution in [2.45, 2.75) is 82.6 Å². The minimum atomic E-state index is -0.463. The molecule has 0 aromatic heterocycles. The average Bonchev–Trinajstić information content (AvgIpc) is 2.57. The van der Waals surface area contributed by atoms with Crippen LogP contribution in [0.1, 0.15) is 58.3 Å². The van der Waals surface area contributed by atoms with Crippen LogP contribution in [0.2, 0.25) is 0 Å². The maximum Gasteiger partial charge on any atom is 0.315 e. The molecule has 4 N–H and O–H groups in total. The summed E-state index contributed by atoms with van der Waals surface area (Å²) in [5, 5.41) is 18.3. The van der Waals surface area contributed by atoms with Crippen molar-refractivity contribution in [2.24, 2.45) is 0 Å². The van der Waals surface area contributed by atoms with Gasteiger partial charge >= 0.3 is 6.03 Å². The molecule has 1 saturated carbocycles. The van der Waals surface area contributed by atoms with E-state index in [-0.39, 0.29) is 36.7 Å². The van der Waals surface area contributed by atoms with E-state index < -0.39 is 6.10 Å². The van der Waals surface area contributed by atoms with Gasteiger partial charge < -0.3 is 25.8 Å². The second-order valence-electron chi connectivity index (χ2n) is 6.77. The first-order chi connectivity index (χ1) is 11.6. The van der Waals surface area contributed by atoms with Gasteiger partial charge in [0.05, 0.1) is 25.2 Å². The Kier molecular flexibility index (Phi) is 7.78. The Bertz CT molecular complexity index is 413. The summed E-state index contributed by atoms with van der Waals surface area (Å²) in [5.41, 5.74) is 0. The second-order valence-corrected chi connectivity index (χ2v) is 6.77. The van der Waals surface area contributed by atoms with Gasteiger partial charge in [0.1, 0.15) is 6.10 Å². The van der Waals surface area contributed by atoms with E-state index in [1.54, 1.807) is 0 Å². The fourth-order valence-corrected chi connectivity index (χ4v) is 3.57. The van der Waals surface area contributed by atoms with E-state index >= 15 is 0 Å². The molecule has 0 unspecified atom stereocenters. The van der Waals surface area contributed by atoms with E-state index in [0.29, 0.717) is 25.8 Å². The topological polar surface area (TPSA) is 99.7 Å². The van der Waals surface area contributed by atoms with E-state index in [1.165, 1.54) is 6.42 Å². The molecule has 1 heterocycles. The number of urea groups is 1. The predicted octanol–water partition coefficient (Wildman–Crippen LogP) is 1.05. The van der Waals surface area contributed by atoms with Gasteiger partial charge in [-0.15, -0.1) is 0 Å². The molecule has 0 bridgehead atoms. The summed E-state index contributed by atoms with van der Waals surface area (Å²) in [5.74, 6) is -0.0411. The number of rotatable bonds is 6. The van der Waals surface area contributed by atoms with Gasteiger partial charge in [0, 0.05) is 12.6 Å². The first-order valence-corrected chi connectivity index (χ1v) is 9.22. The number of aliphatic hydroxyl groups is 1. The van der Waals surface area contributed by atoms with Crippen LogP contribution >= 0.6 is 0 Å². The summed E-state index contributed by atoms with van der Waals surface area (Å²) < 4.78 is 5.80. The summed E-state index contributed by atoms with van der Waals surface area (Å²) in [4.78, 5) is 23.8. The summed E-state index contributed by atoms with van der Waals surface area (Å²) >= 11 is 0. The monoisotopic (exact) mass is 341 g/mol. The van der Waals surface area contributed by atoms with Crippen LogP contribution in [0, 0.1) is 0 Å². The van der Waals surface area contributed by atoms with Gasteiger partial charge in [-0.1, -0.05) is 19.3 Å². The van der Waals surface area contributed by atoms with Gasteiger partial charge in [-0.2, -0.15) is 0 Å². The van der Waals surface area contributed by atoms with Crippen molar-refractivity contribution in [2.75, 3.05) is 13.2 Å². The molecule has 1 aliphatic carbocycles. The zero-order chi connectivity index (χ0) is 17.4. The maximum atomic E-state index is 12.2. The summed E-state index contributed by atoms with van der Waals surface area (Å²) in [7, 11) is 0. The van der Waals surface area contributed by atoms with Gasteiger partial charge in [-0.05, 0) is 32.6 Å². The number of hydrogen-bond acceptors (Lipinski definition) is 4. The first kappa shape index (κ1) is 19.0. The van der Waals surface area contributed by atoms with E-state index in [2.05, 4.69) is 16.0 Å². The summed E-state index contributed by atoms with van der Waals surface area (Å²) in [6.45, 7) is 2.31. The number of amides is 3. The smallest absolute Gasteiger partial charge is 0.315 e. The highest BCUT2D eigenvalue weighted by Gasteiger charge is 2.33. The van der Waals surface area contributed by atoms with Crippen molar-refractivity contribution in [3.8, 4) is 0 Å². The zero-order valence-electron chi connectivity index (χ0n) is 14.6. The Morgan fingerprint density at radius 2 is 1.83 bits per heavy atom. The van der Waals surface area contributed by atoms with Crippen molar-refractivity contribution >= 4 is 11.9 Å². The average molecular weight is 341 g/mol. The first-order valence-electron chi connectivity index (χ1n) is 9.22. The van der Waals surface area contributed by atoms with Gasteiger partial charge in [0.15, 0.2) is 0 Å². The van der Waals surface area contributed by atoms with Crippen LogP contribution in [0.5, 0.6) is 0 Å². The Hall–Kier alpha value is -1.34. The molecule has 0 radical (unpaired) electrons. The van der Waals surface area contributed by atoms with Crippen LogP contribution in [-0.2, 0) is 9.53 Å². The maximum absolute atomic E-state index is 12.2. The molecule has 3 atom stereocenters. The molecule has 1 saturated heterocycles. The third-order valence-corrected chi connectivity index (χ3v) is 4.84. The lowest BCUT2D eigenvalue weighted by Gasteiger charge is -2.36. The molecular weight excluding hydrogens is 310 g/mol. The zero-order valence-corrected chi connectivity index (χ0v) is 14.6. The number of carbonyl (C=O) groups is 2. The fourth-order valence-electron chi connectivity index (χ4n) is 3.57. The molecule has 138 valence electrons. The van der Waals surface area contributed by atoms with Crippen LogP contribution in [-0.4, -0.2) is 54.5 Å². The van der Waals surface area contributed by atoms with Crippen LogP contribution in [0.3, 0.4) is 0 Å². The number of aliphatic hydroxyl groups excluding tert-OH is 1. The molecule has 2 aliphatic rings. The molecule has 24 heavy (non-hydrogen) atoms. The molecule has 3 amide bonds. The third-order valence-electron chi connectivity index (χ3n) is 4.84. The van der Waals surface area contributed by atoms with Crippen molar-refractivity contribution < 1.29 is 19.4 Å². The van der Waals surface area contributed by atoms with Gasteiger partial charge in [0.2, 0.25) is 5.91 Å². The molecule has 7 nitrogen and oxygen atoms in total. The number of carbonyl (C=O) groups excluding carboxylic acids is 2. The number of ether oxygens (including phenoxy) is 1. The molecule has 2 fully saturated rings. The van der Waals surface area contributed by atoms with E-state index in [1.807, 2.05) is 6.92 Å². The quantitative estimate of drug-likeness (QED) is 0.580. The van der Waals surface area contributed by atoms with Crippen molar-refractivity contribution in [1.29, 1.82) is 0 Å². The molecule has 0 spiro atoms. The minimum absolute atomic E-state index is 0.0411. The largest absolute Gasteiger partial charge is 0.394 e. The van der Waals surface area contributed by atoms with Crippen molar-refractivity contribution in [3.05, 3.63) is 0 Å². The highest BCUT2D eigenvalue weighted by molar-refractivity contribution is 5.76. The molecule has 0 aromatic carbocycles. The standard InChI is InChI=1S/C17H31N3O4/c1-2-18-16(22)10-13-8-9-14(15(11-21)24-13)20-17(23)19-12-6-4-3-5-7-12/h12-15,21H,2-11H2,1H3,(H,18,22)(H2,19,20,23)/t13-,14+,15+/m0/s1. The van der Waals surface area contributed by atoms with Crippen LogP contribution in [0.25, 0.3) is 0 Å². The second kappa shape index (κ2) is 9.84. The number of hydrogen-bond donors (Lipinski definition) is 4. The Morgan fingerprint density at radius 1 is 1.08 bits per heavy atom. The fraction of sp³-hybridized carbons (Fsp3) is 0.882. The molecule has 2 rings (SSSR count). The molecular formula is C17H31N3O4. The lowest BCUT2D eigenvalue weighted by atomic mass is 9.95. The molecule has 7 heteroatoms. The Labute approximate surface area is 143 Å². The van der Waals surface area contributed by atoms with Crippen LogP contribution in [0.15, 0.2) is 0 Å². The lowest BCUT2D eigenvalue weighted by molar-refractivity contribution is -0.130. The van der Waals surface area contributed by atoms with Gasteiger partial charge in [-0.3, -0.25) is 4.79 Å². The van der Waals surface area contributed by atoms with Gasteiger partial charge in [-0.25, -0.2) is 4.79 Å². The van der Waals surface area contributed by atoms with Crippen LogP contribution < -0.4 is 16.0 Å². The minimum Gasteiger partial charge on any atom is -0.394 e. The number of nitrogens with one attached hydrogen (secondary N) is 3. The molecule has 0 aromatic rings.